The summed E-state index contributed by atoms with van der Waals surface area (Å²) < 4.78 is 1.20. The summed E-state index contributed by atoms with van der Waals surface area (Å²) >= 11 is 1.34. The Morgan fingerprint density at radius 1 is 1.31 bits per heavy atom. The fourth-order valence-electron chi connectivity index (χ4n) is 2.77. The maximum atomic E-state index is 12.3. The van der Waals surface area contributed by atoms with Gasteiger partial charge in [-0.25, -0.2) is 4.68 Å². The van der Waals surface area contributed by atoms with Gasteiger partial charge in [-0.05, 0) is 24.8 Å². The lowest BCUT2D eigenvalue weighted by atomic mass is 9.99. The third kappa shape index (κ3) is 4.46. The number of anilines is 2. The zero-order valence-electron chi connectivity index (χ0n) is 15.3. The molecule has 1 saturated heterocycles. The Hall–Kier alpha value is -2.29. The average molecular weight is 376 g/mol. The van der Waals surface area contributed by atoms with Crippen LogP contribution in [0.15, 0.2) is 16.9 Å². The monoisotopic (exact) mass is 376 g/mol. The molecule has 0 bridgehead atoms. The molecule has 1 fully saturated rings. The average Bonchev–Trinajstić information content (AvgIpc) is 3.06. The summed E-state index contributed by atoms with van der Waals surface area (Å²) in [5.41, 5.74) is -0.297. The van der Waals surface area contributed by atoms with Crippen molar-refractivity contribution < 1.29 is 4.79 Å². The van der Waals surface area contributed by atoms with Gasteiger partial charge in [0.05, 0.1) is 0 Å². The van der Waals surface area contributed by atoms with E-state index in [0.29, 0.717) is 11.0 Å². The summed E-state index contributed by atoms with van der Waals surface area (Å²) in [6.07, 6.45) is 2.22. The Kier molecular flexibility index (Phi) is 5.65. The fraction of sp³-hybridized carbons (Fsp3) is 0.588. The number of carbonyl (C=O) groups excluding carboxylic acids is 1. The van der Waals surface area contributed by atoms with Crippen LogP contribution in [0, 0.1) is 5.92 Å². The van der Waals surface area contributed by atoms with Crippen LogP contribution in [0.5, 0.6) is 0 Å². The minimum Gasteiger partial charge on any atom is -0.355 e. The highest BCUT2D eigenvalue weighted by atomic mass is 32.1. The van der Waals surface area contributed by atoms with Crippen molar-refractivity contribution in [3.05, 3.63) is 27.5 Å². The minimum atomic E-state index is -0.338. The number of rotatable bonds is 5. The zero-order valence-corrected chi connectivity index (χ0v) is 16.1. The van der Waals surface area contributed by atoms with Crippen LogP contribution in [-0.2, 0) is 11.3 Å². The van der Waals surface area contributed by atoms with Gasteiger partial charge in [-0.1, -0.05) is 32.1 Å². The van der Waals surface area contributed by atoms with Gasteiger partial charge in [0.2, 0.25) is 11.0 Å². The van der Waals surface area contributed by atoms with Crippen molar-refractivity contribution in [3.8, 4) is 0 Å². The van der Waals surface area contributed by atoms with Gasteiger partial charge < -0.3 is 4.90 Å². The van der Waals surface area contributed by atoms with Gasteiger partial charge in [-0.3, -0.25) is 14.9 Å². The van der Waals surface area contributed by atoms with Crippen molar-refractivity contribution >= 4 is 28.2 Å². The second kappa shape index (κ2) is 7.94. The molecule has 1 N–H and O–H groups in total. The number of hydrogen-bond donors (Lipinski definition) is 1. The summed E-state index contributed by atoms with van der Waals surface area (Å²) in [4.78, 5) is 26.5. The maximum absolute atomic E-state index is 12.3. The molecule has 0 aliphatic carbocycles. The van der Waals surface area contributed by atoms with Crippen LogP contribution >= 0.6 is 11.3 Å². The Bertz CT molecular complexity index is 823. The van der Waals surface area contributed by atoms with Gasteiger partial charge in [0, 0.05) is 25.1 Å². The van der Waals surface area contributed by atoms with E-state index in [1.165, 1.54) is 22.1 Å². The first-order valence-electron chi connectivity index (χ1n) is 8.88. The first-order valence-corrected chi connectivity index (χ1v) is 9.70. The lowest BCUT2D eigenvalue weighted by Gasteiger charge is -2.31. The molecule has 3 heterocycles. The molecular weight excluding hydrogens is 352 g/mol. The van der Waals surface area contributed by atoms with E-state index in [4.69, 9.17) is 0 Å². The topological polar surface area (TPSA) is 93.0 Å². The second-order valence-corrected chi connectivity index (χ2v) is 8.01. The Morgan fingerprint density at radius 3 is 2.69 bits per heavy atom. The van der Waals surface area contributed by atoms with Crippen molar-refractivity contribution in [1.82, 2.24) is 20.0 Å². The largest absolute Gasteiger partial charge is 0.355 e. The fourth-order valence-corrected chi connectivity index (χ4v) is 3.53. The molecule has 9 heteroatoms. The number of amides is 1. The molecule has 2 aromatic heterocycles. The lowest BCUT2D eigenvalue weighted by Crippen LogP contribution is -2.36. The summed E-state index contributed by atoms with van der Waals surface area (Å²) in [7, 11) is 0. The molecule has 0 unspecified atom stereocenters. The summed E-state index contributed by atoms with van der Waals surface area (Å²) in [5.74, 6) is 1.37. The molecule has 0 aromatic carbocycles. The molecule has 1 aliphatic heterocycles. The molecule has 140 valence electrons. The molecule has 0 atom stereocenters. The zero-order chi connectivity index (χ0) is 18.7. The predicted molar refractivity (Wildman–Crippen MR) is 102 cm³/mol. The molecular formula is C17H24N6O2S. The Labute approximate surface area is 156 Å². The predicted octanol–water partition coefficient (Wildman–Crippen LogP) is 2.09. The standard InChI is InChI=1S/C17H24N6O2S/c1-11(2)16-19-20-17(26-16)18-14(24)10-23-15(25)5-4-13(21-23)22-8-6-12(3)7-9-22/h4-5,11-12H,6-10H2,1-3H3,(H,18,20,24). The summed E-state index contributed by atoms with van der Waals surface area (Å²) in [6.45, 7) is 7.97. The van der Waals surface area contributed by atoms with E-state index in [1.807, 2.05) is 13.8 Å². The van der Waals surface area contributed by atoms with E-state index >= 15 is 0 Å². The van der Waals surface area contributed by atoms with Crippen LogP contribution < -0.4 is 15.8 Å². The van der Waals surface area contributed by atoms with E-state index in [9.17, 15) is 9.59 Å². The van der Waals surface area contributed by atoms with Crippen LogP contribution in [-0.4, -0.2) is 39.0 Å². The molecule has 1 amide bonds. The first-order chi connectivity index (χ1) is 12.4. The molecule has 8 nitrogen and oxygen atoms in total. The van der Waals surface area contributed by atoms with Gasteiger partial charge in [0.1, 0.15) is 17.4 Å². The number of carbonyl (C=O) groups is 1. The van der Waals surface area contributed by atoms with Crippen LogP contribution in [0.25, 0.3) is 0 Å². The van der Waals surface area contributed by atoms with Crippen LogP contribution in [0.2, 0.25) is 0 Å². The van der Waals surface area contributed by atoms with Gasteiger partial charge in [0.15, 0.2) is 0 Å². The van der Waals surface area contributed by atoms with Crippen molar-refractivity contribution in [2.24, 2.45) is 5.92 Å². The highest BCUT2D eigenvalue weighted by Crippen LogP contribution is 2.22. The second-order valence-electron chi connectivity index (χ2n) is 7.01. The lowest BCUT2D eigenvalue weighted by molar-refractivity contribution is -0.117. The number of nitrogens with zero attached hydrogens (tertiary/aromatic N) is 5. The minimum absolute atomic E-state index is 0.145. The third-order valence-electron chi connectivity index (χ3n) is 4.43. The quantitative estimate of drug-likeness (QED) is 0.859. The molecule has 26 heavy (non-hydrogen) atoms. The first kappa shape index (κ1) is 18.5. The van der Waals surface area contributed by atoms with Gasteiger partial charge >= 0.3 is 0 Å². The molecule has 1 aliphatic rings. The van der Waals surface area contributed by atoms with Gasteiger partial charge in [-0.15, -0.1) is 10.2 Å². The van der Waals surface area contributed by atoms with Gasteiger partial charge in [-0.2, -0.15) is 5.10 Å². The maximum Gasteiger partial charge on any atom is 0.267 e. The SMILES string of the molecule is CC1CCN(c2ccc(=O)n(CC(=O)Nc3nnc(C(C)C)s3)n2)CC1. The van der Waals surface area contributed by atoms with E-state index in [2.05, 4.69) is 32.4 Å². The Balaban J connectivity index is 1.67. The normalized spacial score (nSPS) is 15.5. The van der Waals surface area contributed by atoms with Crippen LogP contribution in [0.4, 0.5) is 10.9 Å². The van der Waals surface area contributed by atoms with Gasteiger partial charge in [0.25, 0.3) is 5.56 Å². The third-order valence-corrected chi connectivity index (χ3v) is 5.57. The van der Waals surface area contributed by atoms with E-state index in [1.54, 1.807) is 6.07 Å². The van der Waals surface area contributed by atoms with E-state index in [-0.39, 0.29) is 23.9 Å². The van der Waals surface area contributed by atoms with Crippen LogP contribution in [0.1, 0.15) is 44.5 Å². The molecule has 0 spiro atoms. The summed E-state index contributed by atoms with van der Waals surface area (Å²) in [5, 5.41) is 16.4. The van der Waals surface area contributed by atoms with Crippen LogP contribution in [0.3, 0.4) is 0 Å². The number of piperidine rings is 1. The highest BCUT2D eigenvalue weighted by molar-refractivity contribution is 7.15. The number of hydrogen-bond acceptors (Lipinski definition) is 7. The Morgan fingerprint density at radius 2 is 2.04 bits per heavy atom. The van der Waals surface area contributed by atoms with E-state index in [0.717, 1.165) is 36.8 Å². The van der Waals surface area contributed by atoms with E-state index < -0.39 is 0 Å². The molecule has 0 saturated carbocycles. The smallest absolute Gasteiger partial charge is 0.267 e. The van der Waals surface area contributed by atoms with Crippen molar-refractivity contribution in [2.45, 2.75) is 46.1 Å². The van der Waals surface area contributed by atoms with Crippen molar-refractivity contribution in [2.75, 3.05) is 23.3 Å². The molecule has 3 rings (SSSR count). The summed E-state index contributed by atoms with van der Waals surface area (Å²) in [6, 6.07) is 3.20. The molecule has 2 aromatic rings. The van der Waals surface area contributed by atoms with Crippen molar-refractivity contribution in [1.29, 1.82) is 0 Å². The molecule has 0 radical (unpaired) electrons. The number of nitrogens with one attached hydrogen (secondary N) is 1. The highest BCUT2D eigenvalue weighted by Gasteiger charge is 2.18. The van der Waals surface area contributed by atoms with Crippen molar-refractivity contribution in [3.63, 3.8) is 0 Å². The number of aromatic nitrogens is 4.